The maximum Gasteiger partial charge on any atom is 0.303 e. The number of aryl methyl sites for hydroxylation is 1. The second-order valence-electron chi connectivity index (χ2n) is 4.68. The van der Waals surface area contributed by atoms with Crippen LogP contribution in [-0.4, -0.2) is 40.1 Å². The molecule has 0 radical (unpaired) electrons. The quantitative estimate of drug-likeness (QED) is 0.876. The first-order chi connectivity index (χ1) is 8.58. The molecule has 0 bridgehead atoms. The number of carboxylic acids is 1. The highest BCUT2D eigenvalue weighted by Gasteiger charge is 2.27. The molecule has 1 aromatic rings. The first-order valence-corrected chi connectivity index (χ1v) is 6.00. The maximum absolute atomic E-state index is 12.1. The monoisotopic (exact) mass is 252 g/mol. The van der Waals surface area contributed by atoms with Gasteiger partial charge in [-0.05, 0) is 25.7 Å². The highest BCUT2D eigenvalue weighted by molar-refractivity contribution is 5.93. The molecule has 98 valence electrons. The fraction of sp³-hybridized carbons (Fsp3) is 0.583. The van der Waals surface area contributed by atoms with Crippen molar-refractivity contribution in [2.75, 3.05) is 13.1 Å². The molecule has 2 rings (SSSR count). The number of hydrogen-bond acceptors (Lipinski definition) is 4. The van der Waals surface area contributed by atoms with Crippen LogP contribution >= 0.6 is 0 Å². The van der Waals surface area contributed by atoms with Crippen molar-refractivity contribution in [3.63, 3.8) is 0 Å². The molecule has 1 fully saturated rings. The summed E-state index contributed by atoms with van der Waals surface area (Å²) >= 11 is 0. The Kier molecular flexibility index (Phi) is 3.64. The maximum atomic E-state index is 12.1. The standard InChI is InChI=1S/C12H16N2O4/c1-8-7-18-13-11(8)12(17)14-4-2-9(3-5-14)6-10(15)16/h7,9H,2-6H2,1H3,(H,15,16). The predicted molar refractivity (Wildman–Crippen MR) is 62.1 cm³/mol. The van der Waals surface area contributed by atoms with Crippen LogP contribution in [0.4, 0.5) is 0 Å². The zero-order chi connectivity index (χ0) is 13.1. The molecule has 1 N–H and O–H groups in total. The van der Waals surface area contributed by atoms with Crippen LogP contribution in [0.2, 0.25) is 0 Å². The second kappa shape index (κ2) is 5.20. The van der Waals surface area contributed by atoms with Crippen molar-refractivity contribution in [2.45, 2.75) is 26.2 Å². The van der Waals surface area contributed by atoms with Crippen molar-refractivity contribution in [1.82, 2.24) is 10.1 Å². The first-order valence-electron chi connectivity index (χ1n) is 6.00. The summed E-state index contributed by atoms with van der Waals surface area (Å²) in [5.41, 5.74) is 1.08. The number of likely N-dealkylation sites (tertiary alicyclic amines) is 1. The number of aromatic nitrogens is 1. The summed E-state index contributed by atoms with van der Waals surface area (Å²) < 4.78 is 4.76. The number of carbonyl (C=O) groups excluding carboxylic acids is 1. The number of rotatable bonds is 3. The molecular formula is C12H16N2O4. The van der Waals surface area contributed by atoms with E-state index in [1.165, 1.54) is 6.26 Å². The van der Waals surface area contributed by atoms with Crippen LogP contribution in [0.25, 0.3) is 0 Å². The van der Waals surface area contributed by atoms with Gasteiger partial charge < -0.3 is 14.5 Å². The summed E-state index contributed by atoms with van der Waals surface area (Å²) in [6.07, 6.45) is 3.10. The number of amides is 1. The predicted octanol–water partition coefficient (Wildman–Crippen LogP) is 1.31. The molecule has 0 saturated carbocycles. The summed E-state index contributed by atoms with van der Waals surface area (Å²) in [5.74, 6) is -0.730. The third-order valence-electron chi connectivity index (χ3n) is 3.31. The van der Waals surface area contributed by atoms with Crippen molar-refractivity contribution >= 4 is 11.9 Å². The molecule has 1 saturated heterocycles. The Morgan fingerprint density at radius 3 is 2.67 bits per heavy atom. The number of hydrogen-bond donors (Lipinski definition) is 1. The minimum absolute atomic E-state index is 0.130. The number of nitrogens with zero attached hydrogens (tertiary/aromatic N) is 2. The zero-order valence-electron chi connectivity index (χ0n) is 10.3. The van der Waals surface area contributed by atoms with Crippen molar-refractivity contribution in [3.8, 4) is 0 Å². The largest absolute Gasteiger partial charge is 0.481 e. The Morgan fingerprint density at radius 1 is 1.50 bits per heavy atom. The topological polar surface area (TPSA) is 83.6 Å². The third kappa shape index (κ3) is 2.69. The molecule has 6 heteroatoms. The molecule has 1 aliphatic heterocycles. The van der Waals surface area contributed by atoms with Gasteiger partial charge in [-0.3, -0.25) is 9.59 Å². The van der Waals surface area contributed by atoms with Crippen LogP contribution in [0, 0.1) is 12.8 Å². The minimum Gasteiger partial charge on any atom is -0.481 e. The Balaban J connectivity index is 1.92. The van der Waals surface area contributed by atoms with Crippen LogP contribution in [0.3, 0.4) is 0 Å². The van der Waals surface area contributed by atoms with Gasteiger partial charge in [-0.15, -0.1) is 0 Å². The van der Waals surface area contributed by atoms with E-state index in [9.17, 15) is 9.59 Å². The molecule has 1 amide bonds. The molecular weight excluding hydrogens is 236 g/mol. The summed E-state index contributed by atoms with van der Waals surface area (Å²) in [5, 5.41) is 12.4. The van der Waals surface area contributed by atoms with E-state index in [2.05, 4.69) is 5.16 Å². The fourth-order valence-corrected chi connectivity index (χ4v) is 2.23. The molecule has 0 spiro atoms. The number of carbonyl (C=O) groups is 2. The van der Waals surface area contributed by atoms with Crippen molar-refractivity contribution in [1.29, 1.82) is 0 Å². The fourth-order valence-electron chi connectivity index (χ4n) is 2.23. The smallest absolute Gasteiger partial charge is 0.303 e. The van der Waals surface area contributed by atoms with E-state index in [-0.39, 0.29) is 18.2 Å². The Morgan fingerprint density at radius 2 is 2.17 bits per heavy atom. The molecule has 1 aromatic heterocycles. The molecule has 2 heterocycles. The number of aliphatic carboxylic acids is 1. The molecule has 6 nitrogen and oxygen atoms in total. The van der Waals surface area contributed by atoms with E-state index in [1.807, 2.05) is 0 Å². The minimum atomic E-state index is -0.771. The van der Waals surface area contributed by atoms with Gasteiger partial charge in [-0.1, -0.05) is 5.16 Å². The average Bonchev–Trinajstić information content (AvgIpc) is 2.75. The van der Waals surface area contributed by atoms with Crippen molar-refractivity contribution in [2.24, 2.45) is 5.92 Å². The summed E-state index contributed by atoms with van der Waals surface area (Å²) in [6.45, 7) is 2.95. The Labute approximate surface area is 105 Å². The number of carboxylic acid groups (broad SMARTS) is 1. The van der Waals surface area contributed by atoms with Crippen LogP contribution in [0.5, 0.6) is 0 Å². The molecule has 1 aliphatic rings. The van der Waals surface area contributed by atoms with Gasteiger partial charge in [0.25, 0.3) is 5.91 Å². The lowest BCUT2D eigenvalue weighted by atomic mass is 9.93. The molecule has 0 aliphatic carbocycles. The van der Waals surface area contributed by atoms with E-state index in [0.29, 0.717) is 18.8 Å². The van der Waals surface area contributed by atoms with E-state index >= 15 is 0 Å². The number of piperidine rings is 1. The van der Waals surface area contributed by atoms with E-state index < -0.39 is 5.97 Å². The van der Waals surface area contributed by atoms with Crippen LogP contribution in [-0.2, 0) is 4.79 Å². The van der Waals surface area contributed by atoms with E-state index in [1.54, 1.807) is 11.8 Å². The summed E-state index contributed by atoms with van der Waals surface area (Å²) in [4.78, 5) is 24.4. The van der Waals surface area contributed by atoms with Gasteiger partial charge in [0.2, 0.25) is 0 Å². The SMILES string of the molecule is Cc1conc1C(=O)N1CCC(CC(=O)O)CC1. The lowest BCUT2D eigenvalue weighted by molar-refractivity contribution is -0.138. The first kappa shape index (κ1) is 12.6. The molecule has 18 heavy (non-hydrogen) atoms. The van der Waals surface area contributed by atoms with Crippen LogP contribution in [0.1, 0.15) is 35.3 Å². The zero-order valence-corrected chi connectivity index (χ0v) is 10.3. The van der Waals surface area contributed by atoms with Gasteiger partial charge in [-0.2, -0.15) is 0 Å². The van der Waals surface area contributed by atoms with Gasteiger partial charge in [-0.25, -0.2) is 0 Å². The van der Waals surface area contributed by atoms with Gasteiger partial charge in [0.1, 0.15) is 6.26 Å². The van der Waals surface area contributed by atoms with Gasteiger partial charge in [0, 0.05) is 25.1 Å². The van der Waals surface area contributed by atoms with Crippen molar-refractivity contribution in [3.05, 3.63) is 17.5 Å². The van der Waals surface area contributed by atoms with Crippen LogP contribution in [0.15, 0.2) is 10.8 Å². The van der Waals surface area contributed by atoms with Gasteiger partial charge >= 0.3 is 5.97 Å². The normalized spacial score (nSPS) is 16.8. The summed E-state index contributed by atoms with van der Waals surface area (Å²) in [7, 11) is 0. The molecule has 0 aromatic carbocycles. The Bertz CT molecular complexity index is 447. The summed E-state index contributed by atoms with van der Waals surface area (Å²) in [6, 6.07) is 0. The van der Waals surface area contributed by atoms with E-state index in [4.69, 9.17) is 9.63 Å². The lowest BCUT2D eigenvalue weighted by Crippen LogP contribution is -2.39. The second-order valence-corrected chi connectivity index (χ2v) is 4.68. The molecule has 0 unspecified atom stereocenters. The molecule has 0 atom stereocenters. The van der Waals surface area contributed by atoms with Gasteiger partial charge in [0.05, 0.1) is 0 Å². The average molecular weight is 252 g/mol. The Hall–Kier alpha value is -1.85. The van der Waals surface area contributed by atoms with Gasteiger partial charge in [0.15, 0.2) is 5.69 Å². The third-order valence-corrected chi connectivity index (χ3v) is 3.31. The van der Waals surface area contributed by atoms with Crippen LogP contribution < -0.4 is 0 Å². The lowest BCUT2D eigenvalue weighted by Gasteiger charge is -2.30. The van der Waals surface area contributed by atoms with Crippen molar-refractivity contribution < 1.29 is 19.2 Å². The highest BCUT2D eigenvalue weighted by atomic mass is 16.5. The van der Waals surface area contributed by atoms with E-state index in [0.717, 1.165) is 18.4 Å². The highest BCUT2D eigenvalue weighted by Crippen LogP contribution is 2.22.